The van der Waals surface area contributed by atoms with E-state index in [0.29, 0.717) is 0 Å². The summed E-state index contributed by atoms with van der Waals surface area (Å²) >= 11 is 0. The van der Waals surface area contributed by atoms with Gasteiger partial charge in [0.05, 0.1) is 18.8 Å². The van der Waals surface area contributed by atoms with Crippen molar-refractivity contribution in [3.05, 3.63) is 29.8 Å². The molecule has 1 aromatic rings. The molecule has 2 rings (SSSR count). The molecule has 1 aromatic carbocycles. The van der Waals surface area contributed by atoms with Crippen LogP contribution in [0.2, 0.25) is 0 Å². The monoisotopic (exact) mass is 298 g/mol. The standard InChI is InChI=1S/C14H18O5S/c1-18-14(15)12-9-5-6-10-13(12)20(16,17)19-11-7-3-2-4-8-11/h5-6,9-11H,2-4,7-8H2,1H3. The molecule has 6 heteroatoms. The van der Waals surface area contributed by atoms with Crippen molar-refractivity contribution in [2.45, 2.75) is 43.1 Å². The number of carbonyl (C=O) groups excluding carboxylic acids is 1. The molecule has 1 fully saturated rings. The number of esters is 1. The summed E-state index contributed by atoms with van der Waals surface area (Å²) in [5.74, 6) is -0.684. The van der Waals surface area contributed by atoms with E-state index in [1.807, 2.05) is 0 Å². The van der Waals surface area contributed by atoms with Crippen LogP contribution in [0.5, 0.6) is 0 Å². The third-order valence-electron chi connectivity index (χ3n) is 3.38. The fraction of sp³-hybridized carbons (Fsp3) is 0.500. The van der Waals surface area contributed by atoms with E-state index in [-0.39, 0.29) is 16.6 Å². The second-order valence-corrected chi connectivity index (χ2v) is 6.34. The van der Waals surface area contributed by atoms with E-state index in [1.54, 1.807) is 12.1 Å². The molecule has 1 aliphatic rings. The lowest BCUT2D eigenvalue weighted by Gasteiger charge is -2.21. The summed E-state index contributed by atoms with van der Waals surface area (Å²) in [5, 5.41) is 0. The van der Waals surface area contributed by atoms with Gasteiger partial charge in [-0.1, -0.05) is 31.4 Å². The van der Waals surface area contributed by atoms with Gasteiger partial charge in [-0.15, -0.1) is 0 Å². The van der Waals surface area contributed by atoms with Gasteiger partial charge in [0.25, 0.3) is 10.1 Å². The molecule has 0 spiro atoms. The zero-order valence-electron chi connectivity index (χ0n) is 11.4. The maximum absolute atomic E-state index is 12.3. The van der Waals surface area contributed by atoms with Crippen LogP contribution in [-0.2, 0) is 19.0 Å². The Morgan fingerprint density at radius 1 is 1.15 bits per heavy atom. The molecule has 110 valence electrons. The normalized spacial score (nSPS) is 16.9. The summed E-state index contributed by atoms with van der Waals surface area (Å²) in [6, 6.07) is 5.93. The molecule has 5 nitrogen and oxygen atoms in total. The molecule has 0 heterocycles. The van der Waals surface area contributed by atoms with Crippen molar-refractivity contribution in [3.63, 3.8) is 0 Å². The van der Waals surface area contributed by atoms with Crippen LogP contribution >= 0.6 is 0 Å². The minimum absolute atomic E-state index is 0.00538. The highest BCUT2D eigenvalue weighted by molar-refractivity contribution is 7.86. The van der Waals surface area contributed by atoms with Gasteiger partial charge in [0, 0.05) is 0 Å². The van der Waals surface area contributed by atoms with Crippen LogP contribution in [-0.4, -0.2) is 27.6 Å². The Morgan fingerprint density at radius 3 is 2.45 bits per heavy atom. The van der Waals surface area contributed by atoms with Crippen LogP contribution in [0, 0.1) is 0 Å². The molecule has 1 saturated carbocycles. The van der Waals surface area contributed by atoms with Crippen LogP contribution in [0.25, 0.3) is 0 Å². The highest BCUT2D eigenvalue weighted by atomic mass is 32.2. The number of benzene rings is 1. The summed E-state index contributed by atoms with van der Waals surface area (Å²) in [4.78, 5) is 11.5. The second kappa shape index (κ2) is 6.37. The average molecular weight is 298 g/mol. The molecule has 0 unspecified atom stereocenters. The lowest BCUT2D eigenvalue weighted by atomic mass is 9.98. The lowest BCUT2D eigenvalue weighted by molar-refractivity contribution is 0.0595. The van der Waals surface area contributed by atoms with Gasteiger partial charge in [-0.3, -0.25) is 4.18 Å². The fourth-order valence-electron chi connectivity index (χ4n) is 2.36. The first kappa shape index (κ1) is 15.0. The van der Waals surface area contributed by atoms with Crippen molar-refractivity contribution in [2.75, 3.05) is 7.11 Å². The second-order valence-electron chi connectivity index (χ2n) is 4.80. The molecular weight excluding hydrogens is 280 g/mol. The van der Waals surface area contributed by atoms with Crippen molar-refractivity contribution < 1.29 is 22.1 Å². The first-order valence-electron chi connectivity index (χ1n) is 6.65. The molecule has 0 atom stereocenters. The summed E-state index contributed by atoms with van der Waals surface area (Å²) in [7, 11) is -2.73. The molecule has 1 aliphatic carbocycles. The van der Waals surface area contributed by atoms with Gasteiger partial charge in [-0.2, -0.15) is 8.42 Å². The topological polar surface area (TPSA) is 69.7 Å². The Kier molecular flexibility index (Phi) is 4.77. The Hall–Kier alpha value is -1.40. The summed E-state index contributed by atoms with van der Waals surface area (Å²) in [6.45, 7) is 0. The Balaban J connectivity index is 2.27. The number of hydrogen-bond acceptors (Lipinski definition) is 5. The molecule has 0 aliphatic heterocycles. The van der Waals surface area contributed by atoms with Crippen molar-refractivity contribution in [1.29, 1.82) is 0 Å². The van der Waals surface area contributed by atoms with E-state index in [4.69, 9.17) is 4.18 Å². The van der Waals surface area contributed by atoms with Gasteiger partial charge in [-0.05, 0) is 25.0 Å². The molecular formula is C14H18O5S. The van der Waals surface area contributed by atoms with Crippen LogP contribution < -0.4 is 0 Å². The zero-order valence-corrected chi connectivity index (χ0v) is 12.2. The number of methoxy groups -OCH3 is 1. The van der Waals surface area contributed by atoms with Gasteiger partial charge >= 0.3 is 5.97 Å². The van der Waals surface area contributed by atoms with Crippen molar-refractivity contribution in [2.24, 2.45) is 0 Å². The van der Waals surface area contributed by atoms with E-state index < -0.39 is 16.1 Å². The summed E-state index contributed by atoms with van der Waals surface area (Å²) in [6.07, 6.45) is 4.23. The van der Waals surface area contributed by atoms with E-state index in [2.05, 4.69) is 4.74 Å². The third kappa shape index (κ3) is 3.37. The van der Waals surface area contributed by atoms with E-state index >= 15 is 0 Å². The van der Waals surface area contributed by atoms with E-state index in [9.17, 15) is 13.2 Å². The first-order valence-corrected chi connectivity index (χ1v) is 8.06. The average Bonchev–Trinajstić information content (AvgIpc) is 2.47. The lowest BCUT2D eigenvalue weighted by Crippen LogP contribution is -2.22. The van der Waals surface area contributed by atoms with Crippen molar-refractivity contribution in [1.82, 2.24) is 0 Å². The molecule has 0 N–H and O–H groups in total. The highest BCUT2D eigenvalue weighted by Gasteiger charge is 2.27. The minimum Gasteiger partial charge on any atom is -0.465 e. The van der Waals surface area contributed by atoms with Gasteiger partial charge in [-0.25, -0.2) is 4.79 Å². The number of rotatable bonds is 4. The number of hydrogen-bond donors (Lipinski definition) is 0. The van der Waals surface area contributed by atoms with Crippen molar-refractivity contribution >= 4 is 16.1 Å². The van der Waals surface area contributed by atoms with Crippen LogP contribution in [0.1, 0.15) is 42.5 Å². The molecule has 0 radical (unpaired) electrons. The van der Waals surface area contributed by atoms with E-state index in [1.165, 1.54) is 19.2 Å². The molecule has 0 aromatic heterocycles. The highest BCUT2D eigenvalue weighted by Crippen LogP contribution is 2.26. The first-order chi connectivity index (χ1) is 9.54. The Morgan fingerprint density at radius 2 is 1.80 bits per heavy atom. The zero-order chi connectivity index (χ0) is 14.6. The predicted octanol–water partition coefficient (Wildman–Crippen LogP) is 2.51. The smallest absolute Gasteiger partial charge is 0.339 e. The summed E-state index contributed by atoms with van der Waals surface area (Å²) in [5.41, 5.74) is 0.00538. The van der Waals surface area contributed by atoms with Crippen molar-refractivity contribution in [3.8, 4) is 0 Å². The Labute approximate surface area is 119 Å². The molecule has 0 amide bonds. The van der Waals surface area contributed by atoms with E-state index in [0.717, 1.165) is 32.1 Å². The number of ether oxygens (including phenoxy) is 1. The SMILES string of the molecule is COC(=O)c1ccccc1S(=O)(=O)OC1CCCCC1. The number of carbonyl (C=O) groups is 1. The van der Waals surface area contributed by atoms with Crippen LogP contribution in [0.3, 0.4) is 0 Å². The fourth-order valence-corrected chi connectivity index (χ4v) is 3.68. The van der Waals surface area contributed by atoms with Crippen LogP contribution in [0.15, 0.2) is 29.2 Å². The maximum Gasteiger partial charge on any atom is 0.339 e. The van der Waals surface area contributed by atoms with Gasteiger partial charge in [0.15, 0.2) is 0 Å². The van der Waals surface area contributed by atoms with Gasteiger partial charge < -0.3 is 4.74 Å². The molecule has 0 saturated heterocycles. The minimum atomic E-state index is -3.95. The molecule has 0 bridgehead atoms. The maximum atomic E-state index is 12.3. The summed E-state index contributed by atoms with van der Waals surface area (Å²) < 4.78 is 34.5. The third-order valence-corrected chi connectivity index (χ3v) is 4.80. The largest absolute Gasteiger partial charge is 0.465 e. The molecule has 20 heavy (non-hydrogen) atoms. The predicted molar refractivity (Wildman–Crippen MR) is 72.9 cm³/mol. The van der Waals surface area contributed by atoms with Gasteiger partial charge in [0.1, 0.15) is 4.90 Å². The van der Waals surface area contributed by atoms with Gasteiger partial charge in [0.2, 0.25) is 0 Å². The van der Waals surface area contributed by atoms with Crippen LogP contribution in [0.4, 0.5) is 0 Å². The quantitative estimate of drug-likeness (QED) is 0.631. The Bertz CT molecular complexity index is 573.